The number of aromatic amines is 1. The van der Waals surface area contributed by atoms with Crippen molar-refractivity contribution in [3.05, 3.63) is 47.0 Å². The molecule has 1 aliphatic heterocycles. The minimum Gasteiger partial charge on any atom is -0.388 e. The molecule has 4 N–H and O–H groups in total. The predicted molar refractivity (Wildman–Crippen MR) is 137 cm³/mol. The summed E-state index contributed by atoms with van der Waals surface area (Å²) in [5.41, 5.74) is 6.97. The number of fused-ring (bicyclic) bond motifs is 8. The van der Waals surface area contributed by atoms with Gasteiger partial charge in [-0.1, -0.05) is 31.4 Å². The van der Waals surface area contributed by atoms with Crippen molar-refractivity contribution in [2.24, 2.45) is 17.8 Å². The molecule has 6 rings (SSSR count). The Morgan fingerprint density at radius 3 is 2.45 bits per heavy atom. The number of aromatic nitrogens is 1. The molecule has 4 unspecified atom stereocenters. The molecule has 2 aliphatic carbocycles. The lowest BCUT2D eigenvalue weighted by Crippen LogP contribution is -2.48. The number of methoxy groups -OCH3 is 2. The first-order valence-corrected chi connectivity index (χ1v) is 12.8. The Labute approximate surface area is 199 Å². The van der Waals surface area contributed by atoms with Gasteiger partial charge in [-0.3, -0.25) is 0 Å². The van der Waals surface area contributed by atoms with E-state index in [0.29, 0.717) is 23.7 Å². The summed E-state index contributed by atoms with van der Waals surface area (Å²) in [7, 11) is 5.56. The van der Waals surface area contributed by atoms with Crippen LogP contribution in [0.25, 0.3) is 10.2 Å². The Hall–Kier alpha value is -2.35. The lowest BCUT2D eigenvalue weighted by Gasteiger charge is -2.48. The van der Waals surface area contributed by atoms with Gasteiger partial charge in [-0.15, -0.1) is 0 Å². The smallest absolute Gasteiger partial charge is 0.0869 e. The van der Waals surface area contributed by atoms with Crippen molar-refractivity contribution < 1.29 is 9.47 Å². The van der Waals surface area contributed by atoms with E-state index < -0.39 is 0 Å². The molecule has 2 aromatic carbocycles. The molecule has 176 valence electrons. The Kier molecular flexibility index (Phi) is 5.97. The number of anilines is 2. The third kappa shape index (κ3) is 3.16. The van der Waals surface area contributed by atoms with Gasteiger partial charge in [-0.25, -0.2) is 0 Å². The van der Waals surface area contributed by atoms with Crippen LogP contribution in [0.1, 0.15) is 48.9 Å². The lowest BCUT2D eigenvalue weighted by atomic mass is 9.65. The van der Waals surface area contributed by atoms with Crippen LogP contribution in [0.5, 0.6) is 0 Å². The molecule has 0 spiro atoms. The second-order valence-corrected chi connectivity index (χ2v) is 9.88. The van der Waals surface area contributed by atoms with E-state index in [-0.39, 0.29) is 18.2 Å². The highest BCUT2D eigenvalue weighted by Gasteiger charge is 2.63. The van der Waals surface area contributed by atoms with Crippen molar-refractivity contribution >= 4 is 39.3 Å². The highest BCUT2D eigenvalue weighted by Crippen LogP contribution is 2.65. The number of rotatable bonds is 5. The molecule has 2 heterocycles. The summed E-state index contributed by atoms with van der Waals surface area (Å²) in [5, 5.41) is 15.4. The second kappa shape index (κ2) is 8.78. The first kappa shape index (κ1) is 22.4. The van der Waals surface area contributed by atoms with E-state index in [1.807, 2.05) is 35.1 Å². The van der Waals surface area contributed by atoms with E-state index in [1.54, 1.807) is 11.5 Å². The Morgan fingerprint density at radius 1 is 1.09 bits per heavy atom. The van der Waals surface area contributed by atoms with Gasteiger partial charge in [0.25, 0.3) is 0 Å². The van der Waals surface area contributed by atoms with Crippen LogP contribution in [0.2, 0.25) is 0 Å². The number of ether oxygens (including phenoxy) is 2. The minimum atomic E-state index is 0.0938. The largest absolute Gasteiger partial charge is 0.388 e. The quantitative estimate of drug-likeness (QED) is 0.356. The van der Waals surface area contributed by atoms with E-state index in [4.69, 9.17) is 14.9 Å². The van der Waals surface area contributed by atoms with Gasteiger partial charge in [0.1, 0.15) is 0 Å². The molecule has 7 heteroatoms. The average molecular weight is 467 g/mol. The summed E-state index contributed by atoms with van der Waals surface area (Å²) >= 11 is 1.69. The SMILES string of the molecule is CC.CNc1ccc2c(c1C=N)C1C3CC(C(OC)[C@@H]3OC)[C@H]1[C@H](c1ccc3[nH]sc3c1)N2. The second-order valence-electron chi connectivity index (χ2n) is 9.03. The molecule has 7 atom stereocenters. The summed E-state index contributed by atoms with van der Waals surface area (Å²) in [4.78, 5) is 0. The molecule has 2 saturated carbocycles. The fourth-order valence-electron chi connectivity index (χ4n) is 6.86. The zero-order valence-electron chi connectivity index (χ0n) is 19.9. The Morgan fingerprint density at radius 2 is 1.85 bits per heavy atom. The molecule has 0 saturated heterocycles. The Balaban J connectivity index is 0.00000111. The normalized spacial score (nSPS) is 31.4. The molecule has 2 bridgehead atoms. The number of hydrogen-bond donors (Lipinski definition) is 4. The lowest BCUT2D eigenvalue weighted by molar-refractivity contribution is -0.0870. The highest BCUT2D eigenvalue weighted by atomic mass is 32.1. The average Bonchev–Trinajstić information content (AvgIpc) is 3.41. The molecule has 2 fully saturated rings. The summed E-state index contributed by atoms with van der Waals surface area (Å²) in [6.45, 7) is 4.00. The van der Waals surface area contributed by atoms with Crippen LogP contribution in [-0.4, -0.2) is 44.1 Å². The summed E-state index contributed by atoms with van der Waals surface area (Å²) in [6.07, 6.45) is 2.82. The molecule has 0 amide bonds. The third-order valence-corrected chi connectivity index (χ3v) is 8.87. The van der Waals surface area contributed by atoms with E-state index in [9.17, 15) is 0 Å². The fourth-order valence-corrected chi connectivity index (χ4v) is 7.53. The number of H-pyrrole nitrogens is 1. The molecule has 3 aliphatic rings. The van der Waals surface area contributed by atoms with Crippen molar-refractivity contribution in [2.45, 2.75) is 44.4 Å². The van der Waals surface area contributed by atoms with Gasteiger partial charge < -0.3 is 29.9 Å². The van der Waals surface area contributed by atoms with E-state index >= 15 is 0 Å². The van der Waals surface area contributed by atoms with Crippen LogP contribution >= 0.6 is 11.5 Å². The number of hydrogen-bond acceptors (Lipinski definition) is 6. The molecule has 33 heavy (non-hydrogen) atoms. The monoisotopic (exact) mass is 466 g/mol. The molecular weight excluding hydrogens is 432 g/mol. The Bertz CT molecular complexity index is 1150. The number of nitrogens with one attached hydrogen (secondary N) is 4. The van der Waals surface area contributed by atoms with Crippen molar-refractivity contribution in [1.29, 1.82) is 5.41 Å². The van der Waals surface area contributed by atoms with E-state index in [1.165, 1.54) is 27.6 Å². The van der Waals surface area contributed by atoms with Gasteiger partial charge in [0.2, 0.25) is 0 Å². The topological polar surface area (TPSA) is 82.2 Å². The van der Waals surface area contributed by atoms with Gasteiger partial charge in [0.15, 0.2) is 0 Å². The minimum absolute atomic E-state index is 0.0938. The van der Waals surface area contributed by atoms with Crippen LogP contribution in [0.4, 0.5) is 11.4 Å². The molecular formula is C26H34N4O2S. The highest BCUT2D eigenvalue weighted by molar-refractivity contribution is 7.15. The standard InChI is InChI=1S/C24H28N4O2S.C2H6/c1-26-15-6-7-17-19(14(15)10-25)20-12-9-13(24(30-3)23(12)29-2)21(20)22(27-17)11-4-5-16-18(8-11)31-28-16;1-2/h4-8,10,12-13,20-28H,9H2,1-3H3;1-2H3/t12?,13?,20?,21-,22+,23-,24?;/m1./s1. The van der Waals surface area contributed by atoms with Crippen molar-refractivity contribution in [2.75, 3.05) is 31.9 Å². The van der Waals surface area contributed by atoms with Crippen LogP contribution in [0.3, 0.4) is 0 Å². The first-order valence-electron chi connectivity index (χ1n) is 11.9. The van der Waals surface area contributed by atoms with Crippen LogP contribution < -0.4 is 10.6 Å². The van der Waals surface area contributed by atoms with E-state index in [2.05, 4.69) is 45.3 Å². The van der Waals surface area contributed by atoms with Crippen molar-refractivity contribution in [3.8, 4) is 0 Å². The van der Waals surface area contributed by atoms with Crippen LogP contribution in [0, 0.1) is 23.2 Å². The molecule has 1 aromatic heterocycles. The molecule has 0 radical (unpaired) electrons. The number of benzene rings is 2. The van der Waals surface area contributed by atoms with Crippen LogP contribution in [-0.2, 0) is 9.47 Å². The fraction of sp³-hybridized carbons (Fsp3) is 0.500. The van der Waals surface area contributed by atoms with Gasteiger partial charge in [0.05, 0.1) is 28.5 Å². The van der Waals surface area contributed by atoms with Crippen LogP contribution in [0.15, 0.2) is 30.3 Å². The van der Waals surface area contributed by atoms with E-state index in [0.717, 1.165) is 23.4 Å². The van der Waals surface area contributed by atoms with Gasteiger partial charge >= 0.3 is 0 Å². The van der Waals surface area contributed by atoms with Crippen molar-refractivity contribution in [1.82, 2.24) is 4.37 Å². The zero-order chi connectivity index (χ0) is 23.3. The molecule has 3 aromatic rings. The maximum Gasteiger partial charge on any atom is 0.0869 e. The summed E-state index contributed by atoms with van der Waals surface area (Å²) < 4.78 is 16.6. The van der Waals surface area contributed by atoms with Gasteiger partial charge in [-0.05, 0) is 65.5 Å². The third-order valence-electron chi connectivity index (χ3n) is 7.99. The zero-order valence-corrected chi connectivity index (χ0v) is 20.8. The maximum atomic E-state index is 8.20. The predicted octanol–water partition coefficient (Wildman–Crippen LogP) is 5.84. The summed E-state index contributed by atoms with van der Waals surface area (Å²) in [5.74, 6) is 1.55. The van der Waals surface area contributed by atoms with Gasteiger partial charge in [-0.2, -0.15) is 0 Å². The maximum absolute atomic E-state index is 8.20. The first-order chi connectivity index (χ1) is 16.2. The summed E-state index contributed by atoms with van der Waals surface area (Å²) in [6, 6.07) is 11.3. The van der Waals surface area contributed by atoms with Crippen molar-refractivity contribution in [3.63, 3.8) is 0 Å². The molecule has 6 nitrogen and oxygen atoms in total. The van der Waals surface area contributed by atoms with Gasteiger partial charge in [0, 0.05) is 44.4 Å².